The second kappa shape index (κ2) is 6.40. The lowest BCUT2D eigenvalue weighted by molar-refractivity contribution is 0.0715. The summed E-state index contributed by atoms with van der Waals surface area (Å²) in [5.74, 6) is 0.732. The molecule has 0 bridgehead atoms. The van der Waals surface area contributed by atoms with E-state index in [1.54, 1.807) is 0 Å². The zero-order valence-corrected chi connectivity index (χ0v) is 14.9. The molecule has 1 aliphatic rings. The average Bonchev–Trinajstić information content (AvgIpc) is 2.98. The van der Waals surface area contributed by atoms with E-state index in [0.29, 0.717) is 5.92 Å². The van der Waals surface area contributed by atoms with E-state index in [-0.39, 0.29) is 5.91 Å². The molecular weight excluding hydrogens is 308 g/mol. The Kier molecular flexibility index (Phi) is 4.08. The van der Waals surface area contributed by atoms with Gasteiger partial charge in [-0.3, -0.25) is 4.79 Å². The Bertz CT molecular complexity index is 917. The number of rotatable bonds is 2. The fourth-order valence-corrected chi connectivity index (χ4v) is 4.02. The van der Waals surface area contributed by atoms with Crippen LogP contribution in [0, 0.1) is 6.92 Å². The standard InChI is InChI=1S/C22H24N2O/c1-16-6-5-7-18(14-16)17-10-12-24(13-11-17)22(25)20-15-23(2)21-9-4-3-8-19(20)21/h3-9,14-15,17H,10-13H2,1-2H3. The molecule has 0 N–H and O–H groups in total. The van der Waals surface area contributed by atoms with Crippen LogP contribution in [0.3, 0.4) is 0 Å². The van der Waals surface area contributed by atoms with Crippen LogP contribution < -0.4 is 0 Å². The maximum Gasteiger partial charge on any atom is 0.256 e. The second-order valence-electron chi connectivity index (χ2n) is 7.15. The number of piperidine rings is 1. The highest BCUT2D eigenvalue weighted by Gasteiger charge is 2.26. The number of nitrogens with zero attached hydrogens (tertiary/aromatic N) is 2. The Hall–Kier alpha value is -2.55. The van der Waals surface area contributed by atoms with E-state index < -0.39 is 0 Å². The van der Waals surface area contributed by atoms with Crippen molar-refractivity contribution in [2.24, 2.45) is 7.05 Å². The zero-order valence-electron chi connectivity index (χ0n) is 14.9. The van der Waals surface area contributed by atoms with Crippen molar-refractivity contribution in [2.75, 3.05) is 13.1 Å². The third kappa shape index (κ3) is 2.95. The first-order chi connectivity index (χ1) is 12.1. The molecule has 1 aromatic heterocycles. The lowest BCUT2D eigenvalue weighted by Gasteiger charge is -2.32. The number of hydrogen-bond acceptors (Lipinski definition) is 1. The van der Waals surface area contributed by atoms with Crippen molar-refractivity contribution in [3.05, 3.63) is 71.4 Å². The Morgan fingerprint density at radius 2 is 1.80 bits per heavy atom. The number of fused-ring (bicyclic) bond motifs is 1. The highest BCUT2D eigenvalue weighted by molar-refractivity contribution is 6.07. The number of aryl methyl sites for hydroxylation is 2. The van der Waals surface area contributed by atoms with Gasteiger partial charge in [0.2, 0.25) is 0 Å². The third-order valence-electron chi connectivity index (χ3n) is 5.42. The van der Waals surface area contributed by atoms with Crippen molar-refractivity contribution in [3.63, 3.8) is 0 Å². The summed E-state index contributed by atoms with van der Waals surface area (Å²) in [4.78, 5) is 15.1. The first kappa shape index (κ1) is 15.9. The van der Waals surface area contributed by atoms with Crippen LogP contribution >= 0.6 is 0 Å². The predicted octanol–water partition coefficient (Wildman–Crippen LogP) is 4.51. The minimum Gasteiger partial charge on any atom is -0.350 e. The van der Waals surface area contributed by atoms with Gasteiger partial charge in [-0.25, -0.2) is 0 Å². The zero-order chi connectivity index (χ0) is 17.4. The summed E-state index contributed by atoms with van der Waals surface area (Å²) in [5.41, 5.74) is 4.66. The molecule has 3 heteroatoms. The fourth-order valence-electron chi connectivity index (χ4n) is 4.02. The highest BCUT2D eigenvalue weighted by atomic mass is 16.2. The molecular formula is C22H24N2O. The second-order valence-corrected chi connectivity index (χ2v) is 7.15. The minimum atomic E-state index is 0.166. The summed E-state index contributed by atoms with van der Waals surface area (Å²) in [6.07, 6.45) is 4.06. The van der Waals surface area contributed by atoms with E-state index in [1.807, 2.05) is 40.9 Å². The van der Waals surface area contributed by atoms with Crippen molar-refractivity contribution < 1.29 is 4.79 Å². The van der Waals surface area contributed by atoms with Crippen LogP contribution in [0.5, 0.6) is 0 Å². The lowest BCUT2D eigenvalue weighted by atomic mass is 9.88. The molecule has 2 heterocycles. The van der Waals surface area contributed by atoms with Gasteiger partial charge in [0.05, 0.1) is 5.56 Å². The third-order valence-corrected chi connectivity index (χ3v) is 5.42. The van der Waals surface area contributed by atoms with Crippen LogP contribution in [-0.4, -0.2) is 28.5 Å². The van der Waals surface area contributed by atoms with E-state index in [1.165, 1.54) is 11.1 Å². The van der Waals surface area contributed by atoms with E-state index >= 15 is 0 Å². The van der Waals surface area contributed by atoms with E-state index in [0.717, 1.165) is 42.4 Å². The normalized spacial score (nSPS) is 15.7. The van der Waals surface area contributed by atoms with Crippen molar-refractivity contribution in [1.82, 2.24) is 9.47 Å². The Balaban J connectivity index is 1.51. The van der Waals surface area contributed by atoms with E-state index in [4.69, 9.17) is 0 Å². The van der Waals surface area contributed by atoms with Crippen molar-refractivity contribution in [1.29, 1.82) is 0 Å². The van der Waals surface area contributed by atoms with Crippen LogP contribution in [0.15, 0.2) is 54.7 Å². The smallest absolute Gasteiger partial charge is 0.256 e. The highest BCUT2D eigenvalue weighted by Crippen LogP contribution is 2.30. The average molecular weight is 332 g/mol. The number of benzene rings is 2. The van der Waals surface area contributed by atoms with Gasteiger partial charge in [-0.1, -0.05) is 48.0 Å². The van der Waals surface area contributed by atoms with Gasteiger partial charge >= 0.3 is 0 Å². The van der Waals surface area contributed by atoms with Crippen LogP contribution in [0.25, 0.3) is 10.9 Å². The summed E-state index contributed by atoms with van der Waals surface area (Å²) < 4.78 is 2.04. The number of hydrogen-bond donors (Lipinski definition) is 0. The van der Waals surface area contributed by atoms with Gasteiger partial charge in [0.1, 0.15) is 0 Å². The molecule has 128 valence electrons. The fraction of sp³-hybridized carbons (Fsp3) is 0.318. The summed E-state index contributed by atoms with van der Waals surface area (Å²) >= 11 is 0. The van der Waals surface area contributed by atoms with Crippen LogP contribution in [0.2, 0.25) is 0 Å². The van der Waals surface area contributed by atoms with Crippen LogP contribution in [0.1, 0.15) is 40.2 Å². The van der Waals surface area contributed by atoms with Gasteiger partial charge in [0, 0.05) is 37.2 Å². The molecule has 3 aromatic rings. The van der Waals surface area contributed by atoms with Crippen molar-refractivity contribution in [2.45, 2.75) is 25.7 Å². The number of carbonyl (C=O) groups is 1. The lowest BCUT2D eigenvalue weighted by Crippen LogP contribution is -2.37. The van der Waals surface area contributed by atoms with E-state index in [2.05, 4.69) is 37.3 Å². The van der Waals surface area contributed by atoms with Gasteiger partial charge in [-0.15, -0.1) is 0 Å². The Morgan fingerprint density at radius 1 is 1.04 bits per heavy atom. The summed E-state index contributed by atoms with van der Waals surface area (Å²) in [6.45, 7) is 3.81. The van der Waals surface area contributed by atoms with E-state index in [9.17, 15) is 4.79 Å². The molecule has 2 aromatic carbocycles. The van der Waals surface area contributed by atoms with Gasteiger partial charge in [0.25, 0.3) is 5.91 Å². The van der Waals surface area contributed by atoms with Gasteiger partial charge < -0.3 is 9.47 Å². The summed E-state index contributed by atoms with van der Waals surface area (Å²) in [6, 6.07) is 16.9. The first-order valence-electron chi connectivity index (χ1n) is 9.03. The molecule has 3 nitrogen and oxygen atoms in total. The maximum absolute atomic E-state index is 13.0. The van der Waals surface area contributed by atoms with Gasteiger partial charge in [0.15, 0.2) is 0 Å². The topological polar surface area (TPSA) is 25.2 Å². The molecule has 1 aliphatic heterocycles. The quantitative estimate of drug-likeness (QED) is 0.678. The molecule has 0 radical (unpaired) electrons. The number of carbonyl (C=O) groups excluding carboxylic acids is 1. The SMILES string of the molecule is Cc1cccc(C2CCN(C(=O)c3cn(C)c4ccccc34)CC2)c1. The number of likely N-dealkylation sites (tertiary alicyclic amines) is 1. The number of aromatic nitrogens is 1. The molecule has 0 aliphatic carbocycles. The predicted molar refractivity (Wildman–Crippen MR) is 102 cm³/mol. The Morgan fingerprint density at radius 3 is 2.56 bits per heavy atom. The monoisotopic (exact) mass is 332 g/mol. The molecule has 25 heavy (non-hydrogen) atoms. The van der Waals surface area contributed by atoms with Crippen molar-refractivity contribution in [3.8, 4) is 0 Å². The van der Waals surface area contributed by atoms with Gasteiger partial charge in [-0.05, 0) is 37.3 Å². The first-order valence-corrected chi connectivity index (χ1v) is 9.03. The molecule has 1 fully saturated rings. The molecule has 0 saturated carbocycles. The van der Waals surface area contributed by atoms with Gasteiger partial charge in [-0.2, -0.15) is 0 Å². The van der Waals surface area contributed by atoms with Crippen molar-refractivity contribution >= 4 is 16.8 Å². The maximum atomic E-state index is 13.0. The molecule has 0 spiro atoms. The number of para-hydroxylation sites is 1. The van der Waals surface area contributed by atoms with Crippen LogP contribution in [-0.2, 0) is 7.05 Å². The van der Waals surface area contributed by atoms with Crippen LogP contribution in [0.4, 0.5) is 0 Å². The minimum absolute atomic E-state index is 0.166. The summed E-state index contributed by atoms with van der Waals surface area (Å²) in [5, 5.41) is 1.05. The molecule has 0 unspecified atom stereocenters. The largest absolute Gasteiger partial charge is 0.350 e. The molecule has 1 saturated heterocycles. The molecule has 1 amide bonds. The summed E-state index contributed by atoms with van der Waals surface area (Å²) in [7, 11) is 2.00. The Labute approximate surface area is 148 Å². The number of amides is 1. The molecule has 4 rings (SSSR count). The molecule has 0 atom stereocenters.